The Kier molecular flexibility index (Phi) is 3.33. The first-order valence-corrected chi connectivity index (χ1v) is 6.17. The Morgan fingerprint density at radius 1 is 1.56 bits per heavy atom. The Bertz CT molecular complexity index is 518. The normalized spacial score (nSPS) is 22.9. The van der Waals surface area contributed by atoms with E-state index < -0.39 is 0 Å². The highest BCUT2D eigenvalue weighted by Crippen LogP contribution is 2.30. The van der Waals surface area contributed by atoms with E-state index in [2.05, 4.69) is 22.9 Å². The van der Waals surface area contributed by atoms with E-state index in [1.165, 1.54) is 0 Å². The largest absolute Gasteiger partial charge is 0.352 e. The number of pyridine rings is 1. The molecule has 0 saturated carbocycles. The first-order chi connectivity index (χ1) is 8.52. The summed E-state index contributed by atoms with van der Waals surface area (Å²) in [5.41, 5.74) is 1.54. The number of ketones is 1. The molecular formula is C14H17N3O. The van der Waals surface area contributed by atoms with Gasteiger partial charge in [0.05, 0.1) is 17.6 Å². The molecule has 1 aromatic rings. The van der Waals surface area contributed by atoms with E-state index in [4.69, 9.17) is 5.26 Å². The number of nitrogens with zero attached hydrogens (tertiary/aromatic N) is 3. The van der Waals surface area contributed by atoms with Crippen molar-refractivity contribution in [2.45, 2.75) is 33.2 Å². The smallest absolute Gasteiger partial charge is 0.163 e. The van der Waals surface area contributed by atoms with Gasteiger partial charge < -0.3 is 4.90 Å². The molecule has 0 N–H and O–H groups in total. The number of anilines is 1. The van der Waals surface area contributed by atoms with Crippen molar-refractivity contribution in [3.05, 3.63) is 23.4 Å². The molecule has 0 aliphatic carbocycles. The van der Waals surface area contributed by atoms with Crippen LogP contribution in [0.5, 0.6) is 0 Å². The van der Waals surface area contributed by atoms with E-state index in [9.17, 15) is 4.79 Å². The van der Waals surface area contributed by atoms with Crippen molar-refractivity contribution in [1.82, 2.24) is 4.98 Å². The lowest BCUT2D eigenvalue weighted by molar-refractivity contribution is 0.101. The highest BCUT2D eigenvalue weighted by molar-refractivity contribution is 5.99. The van der Waals surface area contributed by atoms with Crippen LogP contribution < -0.4 is 4.90 Å². The van der Waals surface area contributed by atoms with Crippen LogP contribution in [0.1, 0.15) is 36.3 Å². The molecule has 1 saturated heterocycles. The maximum absolute atomic E-state index is 11.7. The van der Waals surface area contributed by atoms with Gasteiger partial charge in [0.15, 0.2) is 5.78 Å². The fraction of sp³-hybridized carbons (Fsp3) is 0.500. The Morgan fingerprint density at radius 2 is 2.28 bits per heavy atom. The van der Waals surface area contributed by atoms with Crippen LogP contribution >= 0.6 is 0 Å². The average molecular weight is 243 g/mol. The van der Waals surface area contributed by atoms with E-state index in [0.717, 1.165) is 17.9 Å². The third-order valence-electron chi connectivity index (χ3n) is 3.42. The van der Waals surface area contributed by atoms with Crippen LogP contribution in [0.3, 0.4) is 0 Å². The fourth-order valence-electron chi connectivity index (χ4n) is 2.46. The summed E-state index contributed by atoms with van der Waals surface area (Å²) < 4.78 is 0. The highest BCUT2D eigenvalue weighted by Gasteiger charge is 2.31. The molecule has 1 aromatic heterocycles. The standard InChI is InChI=1S/C14H17N3O/c1-9-4-5-13(11(3)18)14(16-9)17-8-12(7-15)6-10(17)2/h4-5,10,12H,6,8H2,1-3H3/t10-,12-/m1/s1. The number of aryl methyl sites for hydroxylation is 1. The molecule has 0 bridgehead atoms. The molecule has 1 aliphatic heterocycles. The van der Waals surface area contributed by atoms with Gasteiger partial charge in [-0.2, -0.15) is 5.26 Å². The zero-order valence-electron chi connectivity index (χ0n) is 11.0. The van der Waals surface area contributed by atoms with Gasteiger partial charge in [0.1, 0.15) is 5.82 Å². The minimum atomic E-state index is 0.0186. The SMILES string of the molecule is CC(=O)c1ccc(C)nc1N1C[C@@H](C#N)C[C@H]1C. The highest BCUT2D eigenvalue weighted by atomic mass is 16.1. The van der Waals surface area contributed by atoms with Gasteiger partial charge in [0.2, 0.25) is 0 Å². The number of hydrogen-bond donors (Lipinski definition) is 0. The van der Waals surface area contributed by atoms with Gasteiger partial charge in [0, 0.05) is 18.3 Å². The molecule has 18 heavy (non-hydrogen) atoms. The molecular weight excluding hydrogens is 226 g/mol. The molecule has 1 fully saturated rings. The van der Waals surface area contributed by atoms with E-state index in [-0.39, 0.29) is 17.7 Å². The number of aromatic nitrogens is 1. The van der Waals surface area contributed by atoms with Gasteiger partial charge in [-0.05, 0) is 39.3 Å². The minimum Gasteiger partial charge on any atom is -0.352 e. The van der Waals surface area contributed by atoms with Crippen LogP contribution in [0.25, 0.3) is 0 Å². The lowest BCUT2D eigenvalue weighted by Gasteiger charge is -2.24. The first-order valence-electron chi connectivity index (χ1n) is 6.17. The monoisotopic (exact) mass is 243 g/mol. The third-order valence-corrected chi connectivity index (χ3v) is 3.42. The Labute approximate surface area is 107 Å². The molecule has 0 amide bonds. The number of Topliss-reactive ketones (excluding diaryl/α,β-unsaturated/α-hetero) is 1. The molecule has 0 unspecified atom stereocenters. The molecule has 94 valence electrons. The van der Waals surface area contributed by atoms with E-state index in [1.807, 2.05) is 19.1 Å². The zero-order chi connectivity index (χ0) is 13.3. The number of carbonyl (C=O) groups is 1. The summed E-state index contributed by atoms with van der Waals surface area (Å²) in [6, 6.07) is 6.23. The molecule has 2 heterocycles. The Balaban J connectivity index is 2.41. The summed E-state index contributed by atoms with van der Waals surface area (Å²) >= 11 is 0. The van der Waals surface area contributed by atoms with Gasteiger partial charge in [-0.1, -0.05) is 0 Å². The summed E-state index contributed by atoms with van der Waals surface area (Å²) in [6.45, 7) is 6.20. The van der Waals surface area contributed by atoms with Gasteiger partial charge in [-0.3, -0.25) is 4.79 Å². The van der Waals surface area contributed by atoms with Crippen molar-refractivity contribution in [2.24, 2.45) is 5.92 Å². The van der Waals surface area contributed by atoms with Crippen molar-refractivity contribution in [3.8, 4) is 6.07 Å². The summed E-state index contributed by atoms with van der Waals surface area (Å²) in [6.07, 6.45) is 0.837. The number of hydrogen-bond acceptors (Lipinski definition) is 4. The van der Waals surface area contributed by atoms with E-state index in [0.29, 0.717) is 12.1 Å². The van der Waals surface area contributed by atoms with Crippen molar-refractivity contribution in [1.29, 1.82) is 5.26 Å². The predicted octanol–water partition coefficient (Wildman–Crippen LogP) is 2.33. The van der Waals surface area contributed by atoms with Crippen molar-refractivity contribution >= 4 is 11.6 Å². The molecule has 4 nitrogen and oxygen atoms in total. The fourth-order valence-corrected chi connectivity index (χ4v) is 2.46. The lowest BCUT2D eigenvalue weighted by atomic mass is 10.1. The molecule has 2 atom stereocenters. The van der Waals surface area contributed by atoms with Gasteiger partial charge in [0.25, 0.3) is 0 Å². The second-order valence-corrected chi connectivity index (χ2v) is 4.94. The molecule has 1 aliphatic rings. The second kappa shape index (κ2) is 4.77. The summed E-state index contributed by atoms with van der Waals surface area (Å²) in [4.78, 5) is 18.2. The molecule has 0 radical (unpaired) electrons. The van der Waals surface area contributed by atoms with Crippen LogP contribution in [0.15, 0.2) is 12.1 Å². The van der Waals surface area contributed by atoms with Crippen LogP contribution in [0.2, 0.25) is 0 Å². The van der Waals surface area contributed by atoms with Crippen molar-refractivity contribution in [2.75, 3.05) is 11.4 Å². The average Bonchev–Trinajstić information content (AvgIpc) is 2.70. The molecule has 0 spiro atoms. The zero-order valence-corrected chi connectivity index (χ0v) is 11.0. The van der Waals surface area contributed by atoms with E-state index in [1.54, 1.807) is 6.92 Å². The number of carbonyl (C=O) groups excluding carboxylic acids is 1. The lowest BCUT2D eigenvalue weighted by Crippen LogP contribution is -2.29. The first kappa shape index (κ1) is 12.6. The molecule has 4 heteroatoms. The van der Waals surface area contributed by atoms with Crippen LogP contribution in [-0.4, -0.2) is 23.4 Å². The van der Waals surface area contributed by atoms with Gasteiger partial charge in [-0.15, -0.1) is 0 Å². The van der Waals surface area contributed by atoms with Gasteiger partial charge >= 0.3 is 0 Å². The molecule has 0 aromatic carbocycles. The minimum absolute atomic E-state index is 0.0186. The van der Waals surface area contributed by atoms with Crippen LogP contribution in [0.4, 0.5) is 5.82 Å². The predicted molar refractivity (Wildman–Crippen MR) is 69.5 cm³/mol. The summed E-state index contributed by atoms with van der Waals surface area (Å²) in [5, 5.41) is 9.02. The number of rotatable bonds is 2. The summed E-state index contributed by atoms with van der Waals surface area (Å²) in [7, 11) is 0. The Hall–Kier alpha value is -1.89. The number of nitriles is 1. The second-order valence-electron chi connectivity index (χ2n) is 4.94. The Morgan fingerprint density at radius 3 is 2.83 bits per heavy atom. The quantitative estimate of drug-likeness (QED) is 0.748. The van der Waals surface area contributed by atoms with Crippen LogP contribution in [0, 0.1) is 24.2 Å². The maximum Gasteiger partial charge on any atom is 0.163 e. The topological polar surface area (TPSA) is 57.0 Å². The van der Waals surface area contributed by atoms with Gasteiger partial charge in [-0.25, -0.2) is 4.98 Å². The van der Waals surface area contributed by atoms with Crippen molar-refractivity contribution in [3.63, 3.8) is 0 Å². The van der Waals surface area contributed by atoms with Crippen molar-refractivity contribution < 1.29 is 4.79 Å². The van der Waals surface area contributed by atoms with Crippen LogP contribution in [-0.2, 0) is 0 Å². The molecule has 2 rings (SSSR count). The maximum atomic E-state index is 11.7. The third kappa shape index (κ3) is 2.21. The summed E-state index contributed by atoms with van der Waals surface area (Å²) in [5.74, 6) is 0.778. The van der Waals surface area contributed by atoms with E-state index >= 15 is 0 Å².